The molecule has 1 aliphatic rings. The zero-order valence-corrected chi connectivity index (χ0v) is 16.8. The molecule has 0 spiro atoms. The molecule has 2 N–H and O–H groups in total. The van der Waals surface area contributed by atoms with E-state index < -0.39 is 0 Å². The number of benzene rings is 2. The van der Waals surface area contributed by atoms with Gasteiger partial charge in [-0.15, -0.1) is 0 Å². The number of likely N-dealkylation sites (N-methyl/N-ethyl adjacent to an activating group) is 1. The second kappa shape index (κ2) is 8.83. The van der Waals surface area contributed by atoms with Crippen molar-refractivity contribution in [2.24, 2.45) is 0 Å². The maximum absolute atomic E-state index is 12.6. The first kappa shape index (κ1) is 19.8. The molecule has 27 heavy (non-hydrogen) atoms. The van der Waals surface area contributed by atoms with Crippen molar-refractivity contribution >= 4 is 34.8 Å². The van der Waals surface area contributed by atoms with Gasteiger partial charge in [0.05, 0.1) is 12.1 Å². The van der Waals surface area contributed by atoms with Crippen LogP contribution in [-0.2, 0) is 11.3 Å². The smallest absolute Gasteiger partial charge is 0.277 e. The molecule has 5 nitrogen and oxygen atoms in total. The minimum atomic E-state index is 0.156. The first-order chi connectivity index (χ1) is 12.9. The van der Waals surface area contributed by atoms with Gasteiger partial charge in [0.2, 0.25) is 0 Å². The number of carbonyl (C=O) groups is 1. The van der Waals surface area contributed by atoms with Gasteiger partial charge >= 0.3 is 0 Å². The van der Waals surface area contributed by atoms with Gasteiger partial charge in [-0.1, -0.05) is 29.3 Å². The van der Waals surface area contributed by atoms with E-state index in [9.17, 15) is 9.90 Å². The molecule has 1 saturated heterocycles. The minimum absolute atomic E-state index is 0.156. The number of nitrogens with one attached hydrogen (secondary N) is 1. The van der Waals surface area contributed by atoms with Gasteiger partial charge in [0, 0.05) is 42.5 Å². The van der Waals surface area contributed by atoms with Crippen LogP contribution in [0.3, 0.4) is 0 Å². The van der Waals surface area contributed by atoms with Gasteiger partial charge in [-0.25, -0.2) is 0 Å². The highest BCUT2D eigenvalue weighted by molar-refractivity contribution is 6.35. The number of amides is 1. The Bertz CT molecular complexity index is 790. The zero-order valence-electron chi connectivity index (χ0n) is 15.3. The van der Waals surface area contributed by atoms with Crippen molar-refractivity contribution in [1.29, 1.82) is 0 Å². The Morgan fingerprint density at radius 3 is 2.37 bits per heavy atom. The molecular weight excluding hydrogens is 385 g/mol. The highest BCUT2D eigenvalue weighted by atomic mass is 35.5. The Morgan fingerprint density at radius 1 is 1.07 bits per heavy atom. The van der Waals surface area contributed by atoms with Crippen LogP contribution in [0.25, 0.3) is 0 Å². The summed E-state index contributed by atoms with van der Waals surface area (Å²) in [6.07, 6.45) is 0. The number of quaternary nitrogens is 1. The number of halogens is 2. The van der Waals surface area contributed by atoms with Crippen LogP contribution in [0.2, 0.25) is 10.0 Å². The van der Waals surface area contributed by atoms with Gasteiger partial charge in [-0.2, -0.15) is 0 Å². The number of carbonyl (C=O) groups excluding carboxylic acids is 1. The number of rotatable bonds is 5. The van der Waals surface area contributed by atoms with Gasteiger partial charge in [-0.3, -0.25) is 4.79 Å². The molecular formula is C20H24Cl2N3O2+. The molecule has 1 unspecified atom stereocenters. The third kappa shape index (κ3) is 5.28. The number of hydrogen-bond donors (Lipinski definition) is 2. The van der Waals surface area contributed by atoms with Crippen LogP contribution in [-0.4, -0.2) is 55.7 Å². The summed E-state index contributed by atoms with van der Waals surface area (Å²) in [6.45, 7) is 4.09. The lowest BCUT2D eigenvalue weighted by Gasteiger charge is -2.36. The highest BCUT2D eigenvalue weighted by Crippen LogP contribution is 2.21. The molecule has 1 heterocycles. The Kier molecular flexibility index (Phi) is 6.47. The molecule has 0 radical (unpaired) electrons. The SMILES string of the molecule is C[NH+](CC(=O)N1CCN(c2ccc(O)cc2)CC1)Cc1ccc(Cl)cc1Cl. The fraction of sp³-hybridized carbons (Fsp3) is 0.350. The number of anilines is 1. The second-order valence-electron chi connectivity index (χ2n) is 6.93. The first-order valence-corrected chi connectivity index (χ1v) is 9.75. The van der Waals surface area contributed by atoms with E-state index in [2.05, 4.69) is 4.90 Å². The standard InChI is InChI=1S/C20H23Cl2N3O2/c1-23(13-15-2-3-16(21)12-19(15)22)14-20(27)25-10-8-24(9-11-25)17-4-6-18(26)7-5-17/h2-7,12,26H,8-11,13-14H2,1H3/p+1. The normalized spacial score (nSPS) is 15.7. The van der Waals surface area contributed by atoms with Crippen LogP contribution in [0.15, 0.2) is 42.5 Å². The average Bonchev–Trinajstić information content (AvgIpc) is 2.65. The average molecular weight is 409 g/mol. The number of piperazine rings is 1. The summed E-state index contributed by atoms with van der Waals surface area (Å²) < 4.78 is 0. The molecule has 3 rings (SSSR count). The maximum atomic E-state index is 12.6. The lowest BCUT2D eigenvalue weighted by atomic mass is 10.2. The molecule has 0 aromatic heterocycles. The van der Waals surface area contributed by atoms with E-state index in [0.29, 0.717) is 36.2 Å². The van der Waals surface area contributed by atoms with Crippen molar-refractivity contribution in [2.45, 2.75) is 6.54 Å². The summed E-state index contributed by atoms with van der Waals surface area (Å²) in [7, 11) is 2.00. The van der Waals surface area contributed by atoms with E-state index in [4.69, 9.17) is 23.2 Å². The minimum Gasteiger partial charge on any atom is -0.508 e. The van der Waals surface area contributed by atoms with Crippen LogP contribution in [0, 0.1) is 0 Å². The molecule has 1 amide bonds. The van der Waals surface area contributed by atoms with Crippen molar-refractivity contribution in [1.82, 2.24) is 4.90 Å². The molecule has 0 bridgehead atoms. The van der Waals surface area contributed by atoms with E-state index in [1.807, 2.05) is 36.2 Å². The van der Waals surface area contributed by atoms with Gasteiger partial charge in [0.15, 0.2) is 6.54 Å². The van der Waals surface area contributed by atoms with Crippen molar-refractivity contribution in [2.75, 3.05) is 44.7 Å². The molecule has 1 atom stereocenters. The molecule has 0 saturated carbocycles. The number of hydrogen-bond acceptors (Lipinski definition) is 3. The summed E-state index contributed by atoms with van der Waals surface area (Å²) in [5, 5.41) is 10.7. The monoisotopic (exact) mass is 408 g/mol. The second-order valence-corrected chi connectivity index (χ2v) is 7.77. The molecule has 0 aliphatic carbocycles. The van der Waals surface area contributed by atoms with E-state index in [1.165, 1.54) is 0 Å². The van der Waals surface area contributed by atoms with Crippen LogP contribution >= 0.6 is 23.2 Å². The maximum Gasteiger partial charge on any atom is 0.277 e. The van der Waals surface area contributed by atoms with Crippen LogP contribution < -0.4 is 9.80 Å². The van der Waals surface area contributed by atoms with Gasteiger partial charge in [-0.05, 0) is 36.4 Å². The topological polar surface area (TPSA) is 48.2 Å². The molecule has 1 aliphatic heterocycles. The Morgan fingerprint density at radius 2 is 1.74 bits per heavy atom. The van der Waals surface area contributed by atoms with E-state index in [1.54, 1.807) is 18.2 Å². The fourth-order valence-electron chi connectivity index (χ4n) is 3.30. The Hall–Kier alpha value is -1.95. The van der Waals surface area contributed by atoms with Crippen LogP contribution in [0.4, 0.5) is 5.69 Å². The largest absolute Gasteiger partial charge is 0.508 e. The van der Waals surface area contributed by atoms with Crippen LogP contribution in [0.5, 0.6) is 5.75 Å². The van der Waals surface area contributed by atoms with Crippen molar-refractivity contribution in [3.8, 4) is 5.75 Å². The molecule has 2 aromatic rings. The predicted molar refractivity (Wildman–Crippen MR) is 109 cm³/mol. The number of phenols is 1. The molecule has 1 fully saturated rings. The summed E-state index contributed by atoms with van der Waals surface area (Å²) in [5.41, 5.74) is 2.06. The number of nitrogens with zero attached hydrogens (tertiary/aromatic N) is 2. The van der Waals surface area contributed by atoms with Crippen molar-refractivity contribution in [3.63, 3.8) is 0 Å². The van der Waals surface area contributed by atoms with Crippen LogP contribution in [0.1, 0.15) is 5.56 Å². The highest BCUT2D eigenvalue weighted by Gasteiger charge is 2.23. The zero-order chi connectivity index (χ0) is 19.4. The van der Waals surface area contributed by atoms with E-state index in [0.717, 1.165) is 29.2 Å². The van der Waals surface area contributed by atoms with Crippen molar-refractivity contribution < 1.29 is 14.8 Å². The van der Waals surface area contributed by atoms with E-state index >= 15 is 0 Å². The Labute approximate surface area is 169 Å². The third-order valence-electron chi connectivity index (χ3n) is 4.81. The predicted octanol–water partition coefficient (Wildman–Crippen LogP) is 2.06. The Balaban J connectivity index is 1.49. The first-order valence-electron chi connectivity index (χ1n) is 8.99. The van der Waals surface area contributed by atoms with Gasteiger partial charge in [0.25, 0.3) is 5.91 Å². The fourth-order valence-corrected chi connectivity index (χ4v) is 3.78. The summed E-state index contributed by atoms with van der Waals surface area (Å²) in [6, 6.07) is 12.6. The quantitative estimate of drug-likeness (QED) is 0.795. The van der Waals surface area contributed by atoms with Crippen molar-refractivity contribution in [3.05, 3.63) is 58.1 Å². The summed E-state index contributed by atoms with van der Waals surface area (Å²) in [5.74, 6) is 0.419. The van der Waals surface area contributed by atoms with E-state index in [-0.39, 0.29) is 11.7 Å². The summed E-state index contributed by atoms with van der Waals surface area (Å²) >= 11 is 12.2. The lowest BCUT2D eigenvalue weighted by Crippen LogP contribution is -3.09. The lowest BCUT2D eigenvalue weighted by molar-refractivity contribution is -0.885. The van der Waals surface area contributed by atoms with Gasteiger partial charge in [0.1, 0.15) is 12.3 Å². The third-order valence-corrected chi connectivity index (χ3v) is 5.39. The molecule has 2 aromatic carbocycles. The number of aromatic hydroxyl groups is 1. The molecule has 144 valence electrons. The number of phenolic OH excluding ortho intramolecular Hbond substituents is 1. The summed E-state index contributed by atoms with van der Waals surface area (Å²) in [4.78, 5) is 17.9. The van der Waals surface area contributed by atoms with Gasteiger partial charge < -0.3 is 19.8 Å². The molecule has 7 heteroatoms.